The highest BCUT2D eigenvalue weighted by Gasteiger charge is 2.18. The number of hydrogen-bond donors (Lipinski definition) is 0. The summed E-state index contributed by atoms with van der Waals surface area (Å²) >= 11 is 3.73. The van der Waals surface area contributed by atoms with Crippen LogP contribution in [0.4, 0.5) is 0 Å². The molecule has 0 N–H and O–H groups in total. The zero-order valence-electron chi connectivity index (χ0n) is 57.8. The van der Waals surface area contributed by atoms with Gasteiger partial charge < -0.3 is 8.83 Å². The average molecular weight is 1370 g/mol. The maximum Gasteiger partial charge on any atom is 0.144 e. The van der Waals surface area contributed by atoms with Crippen LogP contribution in [0.3, 0.4) is 0 Å². The molecule has 0 saturated carbocycles. The minimum atomic E-state index is 0.894. The third-order valence-electron chi connectivity index (χ3n) is 19.1. The summed E-state index contributed by atoms with van der Waals surface area (Å²) in [5, 5.41) is 9.91. The number of furan rings is 2. The zero-order chi connectivity index (χ0) is 70.0. The second kappa shape index (κ2) is 28.4. The van der Waals surface area contributed by atoms with Crippen molar-refractivity contribution in [2.45, 2.75) is 27.7 Å². The van der Waals surface area contributed by atoms with Gasteiger partial charge in [-0.05, 0) is 191 Å². The predicted molar refractivity (Wildman–Crippen MR) is 440 cm³/mol. The van der Waals surface area contributed by atoms with Crippen LogP contribution in [0.1, 0.15) is 22.5 Å². The topological polar surface area (TPSA) is 77.8 Å². The molecular weight excluding hydrogens is 1310 g/mol. The van der Waals surface area contributed by atoms with Crippen molar-refractivity contribution in [2.75, 3.05) is 0 Å². The van der Waals surface area contributed by atoms with Crippen LogP contribution in [-0.4, -0.2) is 19.9 Å². The lowest BCUT2D eigenvalue weighted by molar-refractivity contribution is 0.669. The van der Waals surface area contributed by atoms with Gasteiger partial charge in [0.25, 0.3) is 0 Å². The van der Waals surface area contributed by atoms with E-state index in [1.807, 2.05) is 103 Å². The summed E-state index contributed by atoms with van der Waals surface area (Å²) in [6.45, 7) is 8.40. The number of fused-ring (bicyclic) bond motifs is 12. The number of hydrogen-bond acceptors (Lipinski definition) is 8. The molecule has 8 aromatic heterocycles. The molecule has 0 bridgehead atoms. The molecule has 0 unspecified atom stereocenters. The first kappa shape index (κ1) is 64.6. The maximum absolute atomic E-state index is 6.21. The van der Waals surface area contributed by atoms with E-state index < -0.39 is 0 Å². The predicted octanol–water partition coefficient (Wildman–Crippen LogP) is 27.4. The van der Waals surface area contributed by atoms with Gasteiger partial charge in [-0.15, -0.1) is 22.7 Å². The number of thiophene rings is 2. The Morgan fingerprint density at radius 2 is 0.587 bits per heavy atom. The molecule has 0 fully saturated rings. The lowest BCUT2D eigenvalue weighted by atomic mass is 9.96. The molecule has 0 aliphatic heterocycles. The van der Waals surface area contributed by atoms with E-state index in [4.69, 9.17) is 18.8 Å². The van der Waals surface area contributed by atoms with Gasteiger partial charge >= 0.3 is 0 Å². The number of aryl methyl sites for hydroxylation is 4. The van der Waals surface area contributed by atoms with E-state index in [0.717, 1.165) is 77.8 Å². The number of aromatic nitrogens is 4. The Bertz CT molecular complexity index is 5740. The number of rotatable bonds is 8. The molecule has 0 aliphatic carbocycles. The lowest BCUT2D eigenvalue weighted by Gasteiger charge is -2.09. The molecule has 0 aliphatic rings. The maximum atomic E-state index is 6.21. The molecule has 0 amide bonds. The molecule has 104 heavy (non-hydrogen) atoms. The Hall–Kier alpha value is -12.7. The van der Waals surface area contributed by atoms with Crippen molar-refractivity contribution in [3.05, 3.63) is 363 Å². The molecule has 20 rings (SSSR count). The van der Waals surface area contributed by atoms with Crippen LogP contribution in [-0.2, 0) is 0 Å². The standard InChI is InChI=1S/2C24H17NO.2C24H17NS/c1-16-13-18(17-9-11-25-12-10-17)15-19(14-16)20-6-4-7-22-21-5-2-3-8-23(21)26-24(20)22;1-16-14-18(17-8-3-2-4-9-17)15-22(25-16)21-12-7-11-20-19-10-5-6-13-23(19)26-24(20)21;1-16-13-18(17-9-11-25-12-10-17)15-19(14-16)20-6-4-7-22-21-5-2-3-8-23(21)26-24(20)22;1-16-14-18(17-8-3-2-4-9-17)15-22(25-16)21-12-7-11-20-19-10-5-6-13-23(19)26-24(20)21/h4*2-15H,1H3. The summed E-state index contributed by atoms with van der Waals surface area (Å²) in [5.41, 5.74) is 26.9. The summed E-state index contributed by atoms with van der Waals surface area (Å²) in [7, 11) is 0. The van der Waals surface area contributed by atoms with Gasteiger partial charge in [0.05, 0.1) is 11.4 Å². The van der Waals surface area contributed by atoms with Crippen molar-refractivity contribution in [2.24, 2.45) is 0 Å². The minimum absolute atomic E-state index is 0.894. The number of para-hydroxylation sites is 4. The first-order valence-corrected chi connectivity index (χ1v) is 36.6. The van der Waals surface area contributed by atoms with Crippen molar-refractivity contribution < 1.29 is 8.83 Å². The zero-order valence-corrected chi connectivity index (χ0v) is 59.4. The summed E-state index contributed by atoms with van der Waals surface area (Å²) in [5.74, 6) is 0. The first-order chi connectivity index (χ1) is 51.2. The Morgan fingerprint density at radius 1 is 0.240 bits per heavy atom. The fourth-order valence-electron chi connectivity index (χ4n) is 14.4. The van der Waals surface area contributed by atoms with E-state index >= 15 is 0 Å². The van der Waals surface area contributed by atoms with Crippen LogP contribution in [0, 0.1) is 27.7 Å². The minimum Gasteiger partial charge on any atom is -0.455 e. The molecule has 8 heteroatoms. The SMILES string of the molecule is Cc1cc(-c2ccccc2)cc(-c2cccc3c2oc2ccccc23)n1.Cc1cc(-c2ccccc2)cc(-c2cccc3c2sc2ccccc23)n1.Cc1cc(-c2ccncc2)cc(-c2cccc3c2oc2ccccc23)c1.Cc1cc(-c2ccncc2)cc(-c2cccc3c2sc2ccccc23)c1. The molecule has 20 aromatic rings. The van der Waals surface area contributed by atoms with E-state index in [2.05, 4.69) is 298 Å². The van der Waals surface area contributed by atoms with Crippen molar-refractivity contribution in [1.29, 1.82) is 0 Å². The summed E-state index contributed by atoms with van der Waals surface area (Å²) in [4.78, 5) is 17.9. The third kappa shape index (κ3) is 13.0. The third-order valence-corrected chi connectivity index (χ3v) is 21.5. The van der Waals surface area contributed by atoms with Gasteiger partial charge in [0.2, 0.25) is 0 Å². The smallest absolute Gasteiger partial charge is 0.144 e. The van der Waals surface area contributed by atoms with Gasteiger partial charge in [-0.2, -0.15) is 0 Å². The molecule has 8 heterocycles. The van der Waals surface area contributed by atoms with Crippen LogP contribution in [0.15, 0.2) is 349 Å². The highest BCUT2D eigenvalue weighted by Crippen LogP contribution is 2.44. The van der Waals surface area contributed by atoms with Crippen LogP contribution in [0.25, 0.3) is 173 Å². The molecule has 496 valence electrons. The highest BCUT2D eigenvalue weighted by molar-refractivity contribution is 7.26. The molecule has 0 saturated heterocycles. The molecular formula is C96H68N4O2S2. The number of nitrogens with zero attached hydrogens (tertiary/aromatic N) is 4. The summed E-state index contributed by atoms with van der Waals surface area (Å²) in [6, 6.07) is 111. The largest absolute Gasteiger partial charge is 0.455 e. The number of benzene rings is 12. The number of pyridine rings is 4. The van der Waals surface area contributed by atoms with Crippen molar-refractivity contribution in [3.63, 3.8) is 0 Å². The van der Waals surface area contributed by atoms with Crippen molar-refractivity contribution in [3.8, 4) is 89.3 Å². The Labute approximate surface area is 611 Å². The molecule has 0 radical (unpaired) electrons. The van der Waals surface area contributed by atoms with Crippen LogP contribution < -0.4 is 0 Å². The second-order valence-electron chi connectivity index (χ2n) is 26.3. The normalized spacial score (nSPS) is 11.3. The monoisotopic (exact) mass is 1370 g/mol. The lowest BCUT2D eigenvalue weighted by Crippen LogP contribution is -1.90. The van der Waals surface area contributed by atoms with Crippen LogP contribution in [0.5, 0.6) is 0 Å². The fourth-order valence-corrected chi connectivity index (χ4v) is 16.8. The Morgan fingerprint density at radius 3 is 1.09 bits per heavy atom. The van der Waals surface area contributed by atoms with E-state index in [-0.39, 0.29) is 0 Å². The van der Waals surface area contributed by atoms with E-state index in [0.29, 0.717) is 0 Å². The second-order valence-corrected chi connectivity index (χ2v) is 28.4. The molecule has 0 spiro atoms. The fraction of sp³-hybridized carbons (Fsp3) is 0.0417. The molecule has 6 nitrogen and oxygen atoms in total. The van der Waals surface area contributed by atoms with Gasteiger partial charge in [0.1, 0.15) is 22.3 Å². The van der Waals surface area contributed by atoms with Crippen LogP contribution >= 0.6 is 22.7 Å². The van der Waals surface area contributed by atoms with Crippen LogP contribution in [0.2, 0.25) is 0 Å². The van der Waals surface area contributed by atoms with Crippen molar-refractivity contribution >= 4 is 107 Å². The molecule has 12 aromatic carbocycles. The summed E-state index contributed by atoms with van der Waals surface area (Å²) < 4.78 is 17.7. The van der Waals surface area contributed by atoms with Crippen molar-refractivity contribution in [1.82, 2.24) is 19.9 Å². The quantitative estimate of drug-likeness (QED) is 0.151. The van der Waals surface area contributed by atoms with Gasteiger partial charge in [-0.25, -0.2) is 0 Å². The Kier molecular flexibility index (Phi) is 17.6. The average Bonchev–Trinajstić information content (AvgIpc) is 1.65. The Balaban J connectivity index is 0.000000103. The van der Waals surface area contributed by atoms with Gasteiger partial charge in [-0.1, -0.05) is 224 Å². The van der Waals surface area contributed by atoms with E-state index in [1.54, 1.807) is 0 Å². The van der Waals surface area contributed by atoms with Gasteiger partial charge in [0, 0.05) is 115 Å². The first-order valence-electron chi connectivity index (χ1n) is 34.9. The van der Waals surface area contributed by atoms with Gasteiger partial charge in [0.15, 0.2) is 0 Å². The highest BCUT2D eigenvalue weighted by atomic mass is 32.1. The molecule has 0 atom stereocenters. The van der Waals surface area contributed by atoms with E-state index in [1.165, 1.54) is 118 Å². The summed E-state index contributed by atoms with van der Waals surface area (Å²) in [6.07, 6.45) is 7.36. The van der Waals surface area contributed by atoms with Gasteiger partial charge in [-0.3, -0.25) is 19.9 Å². The van der Waals surface area contributed by atoms with E-state index in [9.17, 15) is 0 Å².